The highest BCUT2D eigenvalue weighted by Crippen LogP contribution is 2.22. The Hall–Kier alpha value is -0.850. The van der Waals surface area contributed by atoms with Gasteiger partial charge in [0, 0.05) is 12.8 Å². The lowest BCUT2D eigenvalue weighted by atomic mass is 9.99. The number of ether oxygens (including phenoxy) is 3. The summed E-state index contributed by atoms with van der Waals surface area (Å²) in [5.74, 6) is -2.88. The van der Waals surface area contributed by atoms with E-state index in [1.165, 1.54) is 0 Å². The Kier molecular flexibility index (Phi) is 8.46. The Morgan fingerprint density at radius 1 is 1.17 bits per heavy atom. The number of hydrogen-bond acceptors (Lipinski definition) is 10. The van der Waals surface area contributed by atoms with E-state index in [1.54, 1.807) is 6.92 Å². The Labute approximate surface area is 139 Å². The second-order valence-electron chi connectivity index (χ2n) is 5.71. The molecule has 0 saturated carbocycles. The van der Waals surface area contributed by atoms with E-state index < -0.39 is 55.7 Å². The first kappa shape index (κ1) is 21.2. The van der Waals surface area contributed by atoms with Gasteiger partial charge in [-0.2, -0.15) is 0 Å². The van der Waals surface area contributed by atoms with Gasteiger partial charge >= 0.3 is 5.97 Å². The highest BCUT2D eigenvalue weighted by Gasteiger charge is 2.44. The number of carbonyl (C=O) groups excluding carboxylic acids is 1. The predicted molar refractivity (Wildman–Crippen MR) is 77.4 cm³/mol. The van der Waals surface area contributed by atoms with E-state index in [0.717, 1.165) is 0 Å². The van der Waals surface area contributed by atoms with Crippen LogP contribution < -0.4 is 0 Å². The average molecular weight is 354 g/mol. The third-order valence-electron chi connectivity index (χ3n) is 3.55. The molecule has 5 atom stereocenters. The first-order valence-corrected chi connectivity index (χ1v) is 7.74. The van der Waals surface area contributed by atoms with Crippen molar-refractivity contribution in [2.24, 2.45) is 0 Å². The van der Waals surface area contributed by atoms with E-state index >= 15 is 0 Å². The lowest BCUT2D eigenvalue weighted by Crippen LogP contribution is -2.59. The van der Waals surface area contributed by atoms with Crippen molar-refractivity contribution < 1.29 is 49.6 Å². The first-order valence-electron chi connectivity index (χ1n) is 7.74. The van der Waals surface area contributed by atoms with Crippen LogP contribution in [0.1, 0.15) is 26.2 Å². The van der Waals surface area contributed by atoms with Crippen LogP contribution in [0.2, 0.25) is 0 Å². The molecule has 0 radical (unpaired) electrons. The first-order chi connectivity index (χ1) is 11.2. The Bertz CT molecular complexity index is 386. The van der Waals surface area contributed by atoms with Gasteiger partial charge in [-0.05, 0) is 6.42 Å². The number of rotatable bonds is 9. The van der Waals surface area contributed by atoms with Crippen LogP contribution in [0, 0.1) is 0 Å². The minimum atomic E-state index is -2.32. The fourth-order valence-corrected chi connectivity index (χ4v) is 2.09. The molecule has 0 amide bonds. The molecule has 1 aliphatic heterocycles. The lowest BCUT2D eigenvalue weighted by Gasteiger charge is -2.39. The van der Waals surface area contributed by atoms with Gasteiger partial charge in [-0.15, -0.1) is 0 Å². The molecule has 1 aliphatic rings. The topological polar surface area (TPSA) is 166 Å². The molecule has 0 aliphatic carbocycles. The summed E-state index contributed by atoms with van der Waals surface area (Å²) in [5, 5.41) is 57.4. The minimum Gasteiger partial charge on any atom is -0.460 e. The van der Waals surface area contributed by atoms with Crippen molar-refractivity contribution in [3.63, 3.8) is 0 Å². The molecule has 10 nitrogen and oxygen atoms in total. The number of hydrogen-bond donors (Lipinski definition) is 6. The van der Waals surface area contributed by atoms with Crippen LogP contribution in [0.25, 0.3) is 0 Å². The van der Waals surface area contributed by atoms with Crippen LogP contribution in [-0.2, 0) is 19.0 Å². The maximum Gasteiger partial charge on any atom is 0.305 e. The van der Waals surface area contributed by atoms with Gasteiger partial charge in [0.25, 0.3) is 0 Å². The Morgan fingerprint density at radius 3 is 2.42 bits per heavy atom. The predicted octanol–water partition coefficient (Wildman–Crippen LogP) is -2.78. The van der Waals surface area contributed by atoms with Crippen LogP contribution in [0.3, 0.4) is 0 Å². The van der Waals surface area contributed by atoms with Gasteiger partial charge < -0.3 is 44.8 Å². The van der Waals surface area contributed by atoms with Gasteiger partial charge in [-0.25, -0.2) is 0 Å². The van der Waals surface area contributed by atoms with Crippen LogP contribution >= 0.6 is 0 Å². The maximum atomic E-state index is 11.2. The molecular formula is C14H26O10. The van der Waals surface area contributed by atoms with Gasteiger partial charge in [0.05, 0.1) is 13.2 Å². The number of carbonyl (C=O) groups is 1. The van der Waals surface area contributed by atoms with E-state index in [9.17, 15) is 30.3 Å². The fraction of sp³-hybridized carbons (Fsp3) is 0.929. The van der Waals surface area contributed by atoms with Crippen molar-refractivity contribution in [2.45, 2.75) is 62.7 Å². The summed E-state index contributed by atoms with van der Waals surface area (Å²) in [6.45, 7) is 0.244. The standard InChI is InChI=1S/C14H26O10/c1-2-3-9(16)23-7-14(20,21)4-5-22-13-12(19)11(18)10(17)8(6-15)24-13/h8,10-13,15,17-21H,2-7H2,1H3/t8-,10-,11+,12-,13-/m1/s1. The van der Waals surface area contributed by atoms with Crippen molar-refractivity contribution in [2.75, 3.05) is 19.8 Å². The van der Waals surface area contributed by atoms with Gasteiger partial charge in [-0.3, -0.25) is 4.79 Å². The molecule has 1 fully saturated rings. The van der Waals surface area contributed by atoms with Gasteiger partial charge in [0.2, 0.25) is 0 Å². The summed E-state index contributed by atoms with van der Waals surface area (Å²) in [6.07, 6.45) is -6.75. The van der Waals surface area contributed by atoms with Crippen LogP contribution in [0.5, 0.6) is 0 Å². The van der Waals surface area contributed by atoms with Crippen molar-refractivity contribution in [3.8, 4) is 0 Å². The summed E-state index contributed by atoms with van der Waals surface area (Å²) in [4.78, 5) is 11.2. The fourth-order valence-electron chi connectivity index (χ4n) is 2.09. The summed E-state index contributed by atoms with van der Waals surface area (Å²) < 4.78 is 14.9. The SMILES string of the molecule is CCCC(=O)OCC(O)(O)CCO[C@@H]1O[C@H](CO)[C@@H](O)[C@H](O)[C@H]1O. The van der Waals surface area contributed by atoms with E-state index in [-0.39, 0.29) is 19.4 Å². The van der Waals surface area contributed by atoms with Gasteiger partial charge in [-0.1, -0.05) is 6.92 Å². The Morgan fingerprint density at radius 2 is 1.83 bits per heavy atom. The zero-order valence-electron chi connectivity index (χ0n) is 13.4. The third-order valence-corrected chi connectivity index (χ3v) is 3.55. The van der Waals surface area contributed by atoms with Crippen molar-refractivity contribution in [1.29, 1.82) is 0 Å². The van der Waals surface area contributed by atoms with E-state index in [4.69, 9.17) is 19.3 Å². The number of esters is 1. The second-order valence-corrected chi connectivity index (χ2v) is 5.71. The Balaban J connectivity index is 2.40. The second kappa shape index (κ2) is 9.59. The van der Waals surface area contributed by atoms with Gasteiger partial charge in [0.1, 0.15) is 31.0 Å². The van der Waals surface area contributed by atoms with E-state index in [1.807, 2.05) is 0 Å². The molecule has 10 heteroatoms. The zero-order valence-corrected chi connectivity index (χ0v) is 13.4. The van der Waals surface area contributed by atoms with E-state index in [2.05, 4.69) is 0 Å². The maximum absolute atomic E-state index is 11.2. The molecular weight excluding hydrogens is 328 g/mol. The van der Waals surface area contributed by atoms with Gasteiger partial charge in [0.15, 0.2) is 12.1 Å². The molecule has 0 aromatic carbocycles. The summed E-state index contributed by atoms with van der Waals surface area (Å²) >= 11 is 0. The largest absolute Gasteiger partial charge is 0.460 e. The summed E-state index contributed by atoms with van der Waals surface area (Å²) in [7, 11) is 0. The van der Waals surface area contributed by atoms with Crippen molar-refractivity contribution in [1.82, 2.24) is 0 Å². The monoisotopic (exact) mass is 354 g/mol. The normalized spacial score (nSPS) is 31.0. The van der Waals surface area contributed by atoms with Crippen molar-refractivity contribution in [3.05, 3.63) is 0 Å². The zero-order chi connectivity index (χ0) is 18.3. The molecule has 6 N–H and O–H groups in total. The van der Waals surface area contributed by atoms with Crippen molar-refractivity contribution >= 4 is 5.97 Å². The number of aliphatic hydroxyl groups is 6. The smallest absolute Gasteiger partial charge is 0.305 e. The van der Waals surface area contributed by atoms with Crippen LogP contribution in [-0.4, -0.2) is 92.9 Å². The summed E-state index contributed by atoms with van der Waals surface area (Å²) in [6, 6.07) is 0. The third kappa shape index (κ3) is 6.22. The molecule has 1 rings (SSSR count). The molecule has 1 saturated heterocycles. The van der Waals surface area contributed by atoms with E-state index in [0.29, 0.717) is 6.42 Å². The molecule has 0 bridgehead atoms. The number of aliphatic hydroxyl groups excluding tert-OH is 4. The summed E-state index contributed by atoms with van der Waals surface area (Å²) in [5.41, 5.74) is 0. The molecule has 0 aromatic heterocycles. The minimum absolute atomic E-state index is 0.164. The van der Waals surface area contributed by atoms with Crippen LogP contribution in [0.4, 0.5) is 0 Å². The molecule has 0 unspecified atom stereocenters. The molecule has 1 heterocycles. The average Bonchev–Trinajstić information content (AvgIpc) is 2.53. The molecule has 0 aromatic rings. The highest BCUT2D eigenvalue weighted by atomic mass is 16.7. The van der Waals surface area contributed by atoms with Crippen LogP contribution in [0.15, 0.2) is 0 Å². The lowest BCUT2D eigenvalue weighted by molar-refractivity contribution is -0.306. The molecule has 142 valence electrons. The molecule has 24 heavy (non-hydrogen) atoms. The highest BCUT2D eigenvalue weighted by molar-refractivity contribution is 5.69. The quantitative estimate of drug-likeness (QED) is 0.188. The molecule has 0 spiro atoms.